The molecule has 0 bridgehead atoms. The summed E-state index contributed by atoms with van der Waals surface area (Å²) in [6.45, 7) is 4.90. The molecule has 0 spiro atoms. The Morgan fingerprint density at radius 3 is 3.10 bits per heavy atom. The molecule has 54 valence electrons. The number of ketones is 1. The third kappa shape index (κ3) is 1.51. The van der Waals surface area contributed by atoms with Crippen LogP contribution in [0.1, 0.15) is 0 Å². The number of aliphatic imine (C=N–C) groups is 1. The van der Waals surface area contributed by atoms with Crippen molar-refractivity contribution < 1.29 is 9.53 Å². The lowest BCUT2D eigenvalue weighted by Crippen LogP contribution is -2.24. The van der Waals surface area contributed by atoms with Crippen LogP contribution in [0.4, 0.5) is 0 Å². The van der Waals surface area contributed by atoms with Crippen LogP contribution in [0.3, 0.4) is 0 Å². The summed E-state index contributed by atoms with van der Waals surface area (Å²) in [7, 11) is 0. The van der Waals surface area contributed by atoms with Crippen LogP contribution in [-0.4, -0.2) is 31.3 Å². The smallest absolute Gasteiger partial charge is 0.201 e. The fourth-order valence-electron chi connectivity index (χ4n) is 0.726. The molecule has 1 rings (SSSR count). The third-order valence-electron chi connectivity index (χ3n) is 1.25. The van der Waals surface area contributed by atoms with Gasteiger partial charge >= 0.3 is 0 Å². The minimum atomic E-state index is -0.125. The summed E-state index contributed by atoms with van der Waals surface area (Å²) in [6, 6.07) is 0. The van der Waals surface area contributed by atoms with E-state index >= 15 is 0 Å². The molecule has 0 saturated heterocycles. The first-order valence-electron chi connectivity index (χ1n) is 3.12. The van der Waals surface area contributed by atoms with Gasteiger partial charge in [-0.1, -0.05) is 6.58 Å². The standard InChI is InChI=1S/C7H9NO2/c1-2-7(9)6-5-10-4-3-8-6/h2H,1,3-5H2. The van der Waals surface area contributed by atoms with Crippen LogP contribution in [0.5, 0.6) is 0 Å². The fourth-order valence-corrected chi connectivity index (χ4v) is 0.726. The van der Waals surface area contributed by atoms with Crippen LogP contribution in [0.15, 0.2) is 17.6 Å². The summed E-state index contributed by atoms with van der Waals surface area (Å²) in [5, 5.41) is 0. The van der Waals surface area contributed by atoms with Gasteiger partial charge in [0.25, 0.3) is 0 Å². The van der Waals surface area contributed by atoms with E-state index in [1.54, 1.807) is 0 Å². The second kappa shape index (κ2) is 3.27. The molecule has 0 radical (unpaired) electrons. The number of carbonyl (C=O) groups excluding carboxylic acids is 1. The van der Waals surface area contributed by atoms with E-state index in [4.69, 9.17) is 4.74 Å². The van der Waals surface area contributed by atoms with Gasteiger partial charge in [0.05, 0.1) is 19.8 Å². The van der Waals surface area contributed by atoms with Crippen molar-refractivity contribution in [2.45, 2.75) is 0 Å². The highest BCUT2D eigenvalue weighted by Crippen LogP contribution is 1.92. The van der Waals surface area contributed by atoms with E-state index in [1.807, 2.05) is 0 Å². The van der Waals surface area contributed by atoms with Gasteiger partial charge in [0.2, 0.25) is 5.78 Å². The second-order valence-corrected chi connectivity index (χ2v) is 1.95. The average Bonchev–Trinajstić information content (AvgIpc) is 2.05. The van der Waals surface area contributed by atoms with Crippen molar-refractivity contribution in [3.05, 3.63) is 12.7 Å². The highest BCUT2D eigenvalue weighted by molar-refractivity contribution is 6.44. The van der Waals surface area contributed by atoms with E-state index in [-0.39, 0.29) is 5.78 Å². The highest BCUT2D eigenvalue weighted by Gasteiger charge is 2.10. The number of hydrogen-bond acceptors (Lipinski definition) is 3. The zero-order valence-electron chi connectivity index (χ0n) is 5.67. The minimum absolute atomic E-state index is 0.125. The fraction of sp³-hybridized carbons (Fsp3) is 0.429. The molecular weight excluding hydrogens is 130 g/mol. The maximum absolute atomic E-state index is 10.8. The summed E-state index contributed by atoms with van der Waals surface area (Å²) >= 11 is 0. The molecule has 10 heavy (non-hydrogen) atoms. The zero-order valence-corrected chi connectivity index (χ0v) is 5.67. The Bertz CT molecular complexity index is 184. The Kier molecular flexibility index (Phi) is 2.34. The quantitative estimate of drug-likeness (QED) is 0.513. The Labute approximate surface area is 59.4 Å². The van der Waals surface area contributed by atoms with Gasteiger partial charge in [0, 0.05) is 0 Å². The molecule has 1 aliphatic heterocycles. The molecule has 3 heteroatoms. The van der Waals surface area contributed by atoms with Crippen LogP contribution >= 0.6 is 0 Å². The Hall–Kier alpha value is -0.960. The summed E-state index contributed by atoms with van der Waals surface area (Å²) in [5.41, 5.74) is 0.487. The van der Waals surface area contributed by atoms with Crippen LogP contribution in [0.25, 0.3) is 0 Å². The van der Waals surface area contributed by atoms with Gasteiger partial charge in [-0.2, -0.15) is 0 Å². The number of allylic oxidation sites excluding steroid dienone is 1. The number of nitrogens with zero attached hydrogens (tertiary/aromatic N) is 1. The Balaban J connectivity index is 2.61. The lowest BCUT2D eigenvalue weighted by atomic mass is 10.2. The van der Waals surface area contributed by atoms with Gasteiger partial charge in [0.15, 0.2) is 0 Å². The predicted octanol–water partition coefficient (Wildman–Crippen LogP) is 0.213. The molecule has 0 aromatic heterocycles. The minimum Gasteiger partial charge on any atom is -0.373 e. The summed E-state index contributed by atoms with van der Waals surface area (Å²) in [5.74, 6) is -0.125. The van der Waals surface area contributed by atoms with Gasteiger partial charge in [-0.3, -0.25) is 9.79 Å². The van der Waals surface area contributed by atoms with E-state index in [1.165, 1.54) is 6.08 Å². The Morgan fingerprint density at radius 1 is 1.80 bits per heavy atom. The van der Waals surface area contributed by atoms with Crippen LogP contribution < -0.4 is 0 Å². The zero-order chi connectivity index (χ0) is 7.40. The lowest BCUT2D eigenvalue weighted by Gasteiger charge is -2.09. The summed E-state index contributed by atoms with van der Waals surface area (Å²) in [6.07, 6.45) is 1.26. The normalized spacial score (nSPS) is 17.8. The van der Waals surface area contributed by atoms with E-state index in [2.05, 4.69) is 11.6 Å². The molecule has 0 aromatic rings. The monoisotopic (exact) mass is 139 g/mol. The molecule has 0 saturated carbocycles. The third-order valence-corrected chi connectivity index (χ3v) is 1.25. The van der Waals surface area contributed by atoms with Crippen molar-refractivity contribution in [2.24, 2.45) is 4.99 Å². The number of ether oxygens (including phenoxy) is 1. The summed E-state index contributed by atoms with van der Waals surface area (Å²) in [4.78, 5) is 14.8. The Morgan fingerprint density at radius 2 is 2.60 bits per heavy atom. The topological polar surface area (TPSA) is 38.7 Å². The largest absolute Gasteiger partial charge is 0.373 e. The predicted molar refractivity (Wildman–Crippen MR) is 38.3 cm³/mol. The van der Waals surface area contributed by atoms with E-state index in [9.17, 15) is 4.79 Å². The molecule has 0 aliphatic carbocycles. The molecule has 1 heterocycles. The van der Waals surface area contributed by atoms with Crippen LogP contribution in [-0.2, 0) is 9.53 Å². The van der Waals surface area contributed by atoms with Crippen LogP contribution in [0.2, 0.25) is 0 Å². The van der Waals surface area contributed by atoms with Gasteiger partial charge in [-0.25, -0.2) is 0 Å². The average molecular weight is 139 g/mol. The van der Waals surface area contributed by atoms with E-state index < -0.39 is 0 Å². The van der Waals surface area contributed by atoms with Crippen molar-refractivity contribution in [2.75, 3.05) is 19.8 Å². The molecule has 3 nitrogen and oxygen atoms in total. The van der Waals surface area contributed by atoms with Gasteiger partial charge in [0.1, 0.15) is 5.71 Å². The van der Waals surface area contributed by atoms with Crippen molar-refractivity contribution in [1.82, 2.24) is 0 Å². The van der Waals surface area contributed by atoms with Gasteiger partial charge in [-0.05, 0) is 6.08 Å². The molecule has 1 aliphatic rings. The molecule has 0 N–H and O–H groups in total. The maximum Gasteiger partial charge on any atom is 0.201 e. The first-order valence-corrected chi connectivity index (χ1v) is 3.12. The van der Waals surface area contributed by atoms with E-state index in [0.717, 1.165) is 0 Å². The van der Waals surface area contributed by atoms with Gasteiger partial charge in [-0.15, -0.1) is 0 Å². The molecular formula is C7H9NO2. The molecule has 0 aromatic carbocycles. The number of hydrogen-bond donors (Lipinski definition) is 0. The first-order chi connectivity index (χ1) is 4.84. The number of rotatable bonds is 2. The molecule has 0 unspecified atom stereocenters. The molecule has 0 atom stereocenters. The highest BCUT2D eigenvalue weighted by atomic mass is 16.5. The SMILES string of the molecule is C=CC(=O)C1=NCCOC1. The summed E-state index contributed by atoms with van der Waals surface area (Å²) < 4.78 is 5.01. The van der Waals surface area contributed by atoms with E-state index in [0.29, 0.717) is 25.5 Å². The van der Waals surface area contributed by atoms with Crippen molar-refractivity contribution in [1.29, 1.82) is 0 Å². The second-order valence-electron chi connectivity index (χ2n) is 1.95. The maximum atomic E-state index is 10.8. The van der Waals surface area contributed by atoms with Crippen molar-refractivity contribution >= 4 is 11.5 Å². The molecule has 0 fully saturated rings. The van der Waals surface area contributed by atoms with Gasteiger partial charge < -0.3 is 4.74 Å². The number of carbonyl (C=O) groups is 1. The first kappa shape index (κ1) is 7.15. The van der Waals surface area contributed by atoms with Crippen molar-refractivity contribution in [3.63, 3.8) is 0 Å². The van der Waals surface area contributed by atoms with Crippen LogP contribution in [0, 0.1) is 0 Å². The lowest BCUT2D eigenvalue weighted by molar-refractivity contribution is -0.109. The van der Waals surface area contributed by atoms with Crippen molar-refractivity contribution in [3.8, 4) is 0 Å². The molecule has 0 amide bonds.